The Balaban J connectivity index is 2.49. The van der Waals surface area contributed by atoms with Crippen LogP contribution in [0.1, 0.15) is 52.7 Å². The molecular weight excluding hydrogens is 298 g/mol. The Kier molecular flexibility index (Phi) is 3.67. The van der Waals surface area contributed by atoms with Crippen molar-refractivity contribution in [1.82, 2.24) is 15.4 Å². The molecule has 3 aromatic rings. The van der Waals surface area contributed by atoms with Crippen molar-refractivity contribution in [2.24, 2.45) is 0 Å². The maximum absolute atomic E-state index is 10.7. The van der Waals surface area contributed by atoms with Crippen LogP contribution in [0, 0.1) is 0 Å². The van der Waals surface area contributed by atoms with Crippen LogP contribution in [0.25, 0.3) is 22.2 Å². The fourth-order valence-electron chi connectivity index (χ4n) is 3.33. The highest BCUT2D eigenvalue weighted by Crippen LogP contribution is 2.45. The van der Waals surface area contributed by atoms with E-state index in [1.54, 1.807) is 0 Å². The van der Waals surface area contributed by atoms with Crippen molar-refractivity contribution < 1.29 is 5.11 Å². The topological polar surface area (TPSA) is 61.8 Å². The van der Waals surface area contributed by atoms with Crippen LogP contribution in [-0.4, -0.2) is 20.5 Å². The number of hydrogen-bond acceptors (Lipinski definition) is 3. The van der Waals surface area contributed by atoms with Gasteiger partial charge in [-0.1, -0.05) is 59.7 Å². The number of hydrogen-bond donors (Lipinski definition) is 2. The maximum atomic E-state index is 10.7. The summed E-state index contributed by atoms with van der Waals surface area (Å²) in [5.74, 6) is 0.325. The molecule has 2 N–H and O–H groups in total. The minimum atomic E-state index is -0.202. The number of phenolic OH excluding ortho intramolecular Hbond substituents is 1. The van der Waals surface area contributed by atoms with E-state index in [1.807, 2.05) is 24.3 Å². The van der Waals surface area contributed by atoms with Crippen molar-refractivity contribution in [2.45, 2.75) is 52.4 Å². The van der Waals surface area contributed by atoms with Crippen LogP contribution < -0.4 is 0 Å². The summed E-state index contributed by atoms with van der Waals surface area (Å²) in [5.41, 5.74) is 5.61. The molecule has 4 heteroatoms. The van der Waals surface area contributed by atoms with Gasteiger partial charge in [-0.15, -0.1) is 0 Å². The van der Waals surface area contributed by atoms with Gasteiger partial charge in [0.25, 0.3) is 0 Å². The second kappa shape index (κ2) is 5.33. The van der Waals surface area contributed by atoms with Crippen LogP contribution in [0.2, 0.25) is 0 Å². The number of nitrogens with zero attached hydrogens (tertiary/aromatic N) is 2. The molecule has 0 saturated carbocycles. The number of para-hydroxylation sites is 1. The third-order valence-electron chi connectivity index (χ3n) is 4.36. The summed E-state index contributed by atoms with van der Waals surface area (Å²) in [7, 11) is 0. The quantitative estimate of drug-likeness (QED) is 0.668. The van der Waals surface area contributed by atoms with Crippen molar-refractivity contribution in [3.63, 3.8) is 0 Å². The van der Waals surface area contributed by atoms with E-state index in [9.17, 15) is 5.11 Å². The Labute approximate surface area is 142 Å². The summed E-state index contributed by atoms with van der Waals surface area (Å²) >= 11 is 0. The van der Waals surface area contributed by atoms with E-state index in [0.717, 1.165) is 27.7 Å². The van der Waals surface area contributed by atoms with Gasteiger partial charge < -0.3 is 5.11 Å². The highest BCUT2D eigenvalue weighted by Gasteiger charge is 2.30. The highest BCUT2D eigenvalue weighted by molar-refractivity contribution is 5.94. The van der Waals surface area contributed by atoms with E-state index in [0.29, 0.717) is 5.75 Å². The standard InChI is InChI=1S/C20H25N3O/c1-19(2,3)13-10-11-15(24)17(20(4,5)6)16(13)12-8-7-9-14-18(12)22-23-21-14/h7-11,24H,1-6H3,(H,21,22,23). The summed E-state index contributed by atoms with van der Waals surface area (Å²) in [6.45, 7) is 13.0. The van der Waals surface area contributed by atoms with E-state index < -0.39 is 0 Å². The first-order valence-corrected chi connectivity index (χ1v) is 8.27. The summed E-state index contributed by atoms with van der Waals surface area (Å²) in [4.78, 5) is 0. The highest BCUT2D eigenvalue weighted by atomic mass is 16.3. The van der Waals surface area contributed by atoms with Gasteiger partial charge in [-0.2, -0.15) is 15.4 Å². The largest absolute Gasteiger partial charge is 0.508 e. The van der Waals surface area contributed by atoms with Gasteiger partial charge in [-0.3, -0.25) is 0 Å². The molecule has 0 bridgehead atoms. The molecule has 2 aromatic carbocycles. The smallest absolute Gasteiger partial charge is 0.120 e. The summed E-state index contributed by atoms with van der Waals surface area (Å²) in [6.07, 6.45) is 0. The molecule has 0 saturated heterocycles. The van der Waals surface area contributed by atoms with Gasteiger partial charge in [0.2, 0.25) is 0 Å². The Bertz CT molecular complexity index is 895. The first kappa shape index (κ1) is 16.5. The maximum Gasteiger partial charge on any atom is 0.120 e. The van der Waals surface area contributed by atoms with Crippen molar-refractivity contribution in [3.05, 3.63) is 41.5 Å². The Morgan fingerprint density at radius 1 is 0.875 bits per heavy atom. The number of benzene rings is 2. The fourth-order valence-corrected chi connectivity index (χ4v) is 3.33. The first-order chi connectivity index (χ1) is 11.1. The lowest BCUT2D eigenvalue weighted by molar-refractivity contribution is 0.445. The molecule has 0 unspecified atom stereocenters. The van der Waals surface area contributed by atoms with Gasteiger partial charge in [0, 0.05) is 11.1 Å². The number of nitrogens with one attached hydrogen (secondary N) is 1. The molecule has 0 aliphatic rings. The average Bonchev–Trinajstić information content (AvgIpc) is 2.92. The molecule has 126 valence electrons. The zero-order chi connectivity index (χ0) is 17.7. The summed E-state index contributed by atoms with van der Waals surface area (Å²) in [6, 6.07) is 9.83. The minimum absolute atomic E-state index is 0.0606. The van der Waals surface area contributed by atoms with Gasteiger partial charge in [0.15, 0.2) is 0 Å². The third-order valence-corrected chi connectivity index (χ3v) is 4.36. The van der Waals surface area contributed by atoms with Crippen LogP contribution in [0.5, 0.6) is 5.75 Å². The monoisotopic (exact) mass is 323 g/mol. The molecule has 4 nitrogen and oxygen atoms in total. The number of H-pyrrole nitrogens is 1. The minimum Gasteiger partial charge on any atom is -0.508 e. The predicted octanol–water partition coefficient (Wildman–Crippen LogP) is 4.93. The van der Waals surface area contributed by atoms with E-state index in [-0.39, 0.29) is 10.8 Å². The van der Waals surface area contributed by atoms with Gasteiger partial charge in [0.05, 0.1) is 0 Å². The van der Waals surface area contributed by atoms with Crippen LogP contribution in [0.3, 0.4) is 0 Å². The van der Waals surface area contributed by atoms with Crippen LogP contribution in [0.4, 0.5) is 0 Å². The van der Waals surface area contributed by atoms with Gasteiger partial charge in [0.1, 0.15) is 16.8 Å². The molecular formula is C20H25N3O. The molecule has 3 rings (SSSR count). The third kappa shape index (κ3) is 2.66. The normalized spacial score (nSPS) is 12.8. The molecule has 0 amide bonds. The number of aromatic amines is 1. The van der Waals surface area contributed by atoms with Crippen molar-refractivity contribution in [2.75, 3.05) is 0 Å². The van der Waals surface area contributed by atoms with E-state index in [2.05, 4.69) is 63.0 Å². The molecule has 24 heavy (non-hydrogen) atoms. The molecule has 0 aliphatic heterocycles. The number of rotatable bonds is 1. The van der Waals surface area contributed by atoms with E-state index in [1.165, 1.54) is 5.56 Å². The molecule has 1 heterocycles. The number of aromatic hydroxyl groups is 1. The molecule has 1 aromatic heterocycles. The van der Waals surface area contributed by atoms with E-state index >= 15 is 0 Å². The van der Waals surface area contributed by atoms with Crippen molar-refractivity contribution >= 4 is 11.0 Å². The number of aromatic nitrogens is 3. The van der Waals surface area contributed by atoms with Gasteiger partial charge in [-0.25, -0.2) is 0 Å². The molecule has 0 radical (unpaired) electrons. The Hall–Kier alpha value is -2.36. The second-order valence-corrected chi connectivity index (χ2v) is 8.38. The van der Waals surface area contributed by atoms with Crippen LogP contribution >= 0.6 is 0 Å². The fraction of sp³-hybridized carbons (Fsp3) is 0.400. The number of phenols is 1. The van der Waals surface area contributed by atoms with Crippen LogP contribution in [0.15, 0.2) is 30.3 Å². The van der Waals surface area contributed by atoms with Crippen molar-refractivity contribution in [1.29, 1.82) is 0 Å². The zero-order valence-corrected chi connectivity index (χ0v) is 15.2. The Morgan fingerprint density at radius 3 is 2.21 bits per heavy atom. The molecule has 0 fully saturated rings. The van der Waals surface area contributed by atoms with Crippen molar-refractivity contribution in [3.8, 4) is 16.9 Å². The first-order valence-electron chi connectivity index (χ1n) is 8.27. The second-order valence-electron chi connectivity index (χ2n) is 8.38. The Morgan fingerprint density at radius 2 is 1.58 bits per heavy atom. The summed E-state index contributed by atoms with van der Waals surface area (Å²) < 4.78 is 0. The lowest BCUT2D eigenvalue weighted by atomic mass is 9.74. The van der Waals surface area contributed by atoms with Gasteiger partial charge >= 0.3 is 0 Å². The zero-order valence-electron chi connectivity index (χ0n) is 15.2. The predicted molar refractivity (Wildman–Crippen MR) is 98.4 cm³/mol. The summed E-state index contributed by atoms with van der Waals surface area (Å²) in [5, 5.41) is 21.9. The number of fused-ring (bicyclic) bond motifs is 1. The SMILES string of the molecule is CC(C)(C)c1ccc(O)c(C(C)(C)C)c1-c1cccc2n[nH]nc12. The molecule has 0 aliphatic carbocycles. The van der Waals surface area contributed by atoms with E-state index in [4.69, 9.17) is 0 Å². The molecule has 0 atom stereocenters. The lowest BCUT2D eigenvalue weighted by Crippen LogP contribution is -2.19. The molecule has 0 spiro atoms. The lowest BCUT2D eigenvalue weighted by Gasteiger charge is -2.31. The van der Waals surface area contributed by atoms with Crippen LogP contribution in [-0.2, 0) is 10.8 Å². The van der Waals surface area contributed by atoms with Gasteiger partial charge in [-0.05, 0) is 34.1 Å². The average molecular weight is 323 g/mol.